The second-order valence-electron chi connectivity index (χ2n) is 7.29. The molecular weight excluding hydrogens is 440 g/mol. The lowest BCUT2D eigenvalue weighted by Gasteiger charge is -2.25. The van der Waals surface area contributed by atoms with Crippen molar-refractivity contribution in [1.29, 1.82) is 0 Å². The molecule has 1 aliphatic heterocycles. The number of carbonyl (C=O) groups is 2. The van der Waals surface area contributed by atoms with Crippen LogP contribution < -0.4 is 5.32 Å². The Labute approximate surface area is 187 Å². The normalized spacial score (nSPS) is 14.7. The maximum Gasteiger partial charge on any atom is 0.338 e. The van der Waals surface area contributed by atoms with Crippen LogP contribution in [-0.2, 0) is 26.0 Å². The summed E-state index contributed by atoms with van der Waals surface area (Å²) in [7, 11) is -3.56. The molecule has 1 saturated heterocycles. The van der Waals surface area contributed by atoms with Crippen LogP contribution >= 0.6 is 11.6 Å². The number of halogens is 1. The number of ether oxygens (including phenoxy) is 1. The Morgan fingerprint density at radius 1 is 0.968 bits per heavy atom. The number of hydrogen-bond acceptors (Lipinski definition) is 5. The highest BCUT2D eigenvalue weighted by Crippen LogP contribution is 2.21. The van der Waals surface area contributed by atoms with Crippen LogP contribution in [0.1, 0.15) is 35.2 Å². The standard InChI is InChI=1S/C22H25ClN2O5S/c23-19-8-4-17(5-9-19)12-13-24-21(26)16-30-22(27)18-6-10-20(11-7-18)31(28,29)25-14-2-1-3-15-25/h4-11H,1-3,12-16H2,(H,24,26). The number of amides is 1. The van der Waals surface area contributed by atoms with Gasteiger partial charge in [0.05, 0.1) is 10.5 Å². The minimum atomic E-state index is -3.56. The van der Waals surface area contributed by atoms with Crippen molar-refractivity contribution in [3.8, 4) is 0 Å². The maximum atomic E-state index is 12.7. The van der Waals surface area contributed by atoms with Crippen molar-refractivity contribution in [2.24, 2.45) is 0 Å². The molecule has 0 aliphatic carbocycles. The Morgan fingerprint density at radius 3 is 2.26 bits per heavy atom. The summed E-state index contributed by atoms with van der Waals surface area (Å²) in [4.78, 5) is 24.2. The summed E-state index contributed by atoms with van der Waals surface area (Å²) in [6.45, 7) is 1.02. The Balaban J connectivity index is 1.45. The van der Waals surface area contributed by atoms with E-state index in [0.717, 1.165) is 24.8 Å². The second-order valence-corrected chi connectivity index (χ2v) is 9.67. The molecule has 0 aromatic heterocycles. The Bertz CT molecular complexity index is 1000. The fourth-order valence-corrected chi connectivity index (χ4v) is 4.92. The quantitative estimate of drug-likeness (QED) is 0.606. The Morgan fingerprint density at radius 2 is 1.61 bits per heavy atom. The average molecular weight is 465 g/mol. The third-order valence-electron chi connectivity index (χ3n) is 5.03. The molecule has 1 amide bonds. The summed E-state index contributed by atoms with van der Waals surface area (Å²) < 4.78 is 31.8. The van der Waals surface area contributed by atoms with Crippen molar-refractivity contribution in [1.82, 2.24) is 9.62 Å². The highest BCUT2D eigenvalue weighted by molar-refractivity contribution is 7.89. The van der Waals surface area contributed by atoms with Gasteiger partial charge in [-0.15, -0.1) is 0 Å². The van der Waals surface area contributed by atoms with Gasteiger partial charge in [0.15, 0.2) is 6.61 Å². The molecule has 3 rings (SSSR count). The minimum Gasteiger partial charge on any atom is -0.452 e. The van der Waals surface area contributed by atoms with Crippen LogP contribution in [0.4, 0.5) is 0 Å². The van der Waals surface area contributed by atoms with Crippen molar-refractivity contribution >= 4 is 33.5 Å². The number of nitrogens with one attached hydrogen (secondary N) is 1. The van der Waals surface area contributed by atoms with Gasteiger partial charge in [0.2, 0.25) is 10.0 Å². The topological polar surface area (TPSA) is 92.8 Å². The number of sulfonamides is 1. The molecule has 0 bridgehead atoms. The van der Waals surface area contributed by atoms with E-state index in [1.165, 1.54) is 28.6 Å². The molecule has 0 spiro atoms. The molecule has 2 aromatic rings. The van der Waals surface area contributed by atoms with Gasteiger partial charge in [0.25, 0.3) is 5.91 Å². The molecule has 31 heavy (non-hydrogen) atoms. The SMILES string of the molecule is O=C(COC(=O)c1ccc(S(=O)(=O)N2CCCCC2)cc1)NCCc1ccc(Cl)cc1. The third kappa shape index (κ3) is 6.53. The number of nitrogens with zero attached hydrogens (tertiary/aromatic N) is 1. The average Bonchev–Trinajstić information content (AvgIpc) is 2.79. The molecular formula is C22H25ClN2O5S. The zero-order chi connectivity index (χ0) is 22.3. The van der Waals surface area contributed by atoms with E-state index in [4.69, 9.17) is 16.3 Å². The predicted octanol–water partition coefficient (Wildman–Crippen LogP) is 3.03. The van der Waals surface area contributed by atoms with Crippen LogP contribution in [0.25, 0.3) is 0 Å². The first-order chi connectivity index (χ1) is 14.9. The zero-order valence-electron chi connectivity index (χ0n) is 17.1. The van der Waals surface area contributed by atoms with Crippen molar-refractivity contribution in [3.05, 3.63) is 64.7 Å². The lowest BCUT2D eigenvalue weighted by atomic mass is 10.1. The molecule has 166 valence electrons. The Hall–Kier alpha value is -2.42. The van der Waals surface area contributed by atoms with Gasteiger partial charge in [0, 0.05) is 24.7 Å². The van der Waals surface area contributed by atoms with Crippen LogP contribution in [0.2, 0.25) is 5.02 Å². The lowest BCUT2D eigenvalue weighted by molar-refractivity contribution is -0.124. The number of carbonyl (C=O) groups excluding carboxylic acids is 2. The van der Waals surface area contributed by atoms with Crippen LogP contribution in [0.3, 0.4) is 0 Å². The summed E-state index contributed by atoms with van der Waals surface area (Å²) in [5.41, 5.74) is 1.22. The van der Waals surface area contributed by atoms with E-state index < -0.39 is 28.5 Å². The van der Waals surface area contributed by atoms with Crippen molar-refractivity contribution in [2.75, 3.05) is 26.2 Å². The van der Waals surface area contributed by atoms with Crippen LogP contribution in [0, 0.1) is 0 Å². The van der Waals surface area contributed by atoms with Crippen LogP contribution in [0.15, 0.2) is 53.4 Å². The number of rotatable bonds is 8. The monoisotopic (exact) mass is 464 g/mol. The van der Waals surface area contributed by atoms with Gasteiger partial charge < -0.3 is 10.1 Å². The number of hydrogen-bond donors (Lipinski definition) is 1. The van der Waals surface area contributed by atoms with E-state index in [1.807, 2.05) is 12.1 Å². The molecule has 1 fully saturated rings. The van der Waals surface area contributed by atoms with Crippen LogP contribution in [-0.4, -0.2) is 50.8 Å². The summed E-state index contributed by atoms with van der Waals surface area (Å²) in [6.07, 6.45) is 3.37. The summed E-state index contributed by atoms with van der Waals surface area (Å²) >= 11 is 5.83. The highest BCUT2D eigenvalue weighted by atomic mass is 35.5. The van der Waals surface area contributed by atoms with Gasteiger partial charge in [-0.2, -0.15) is 4.31 Å². The fourth-order valence-electron chi connectivity index (χ4n) is 3.28. The van der Waals surface area contributed by atoms with E-state index in [0.29, 0.717) is 31.1 Å². The highest BCUT2D eigenvalue weighted by Gasteiger charge is 2.26. The van der Waals surface area contributed by atoms with Gasteiger partial charge in [-0.1, -0.05) is 30.2 Å². The Kier molecular flexibility index (Phi) is 8.06. The molecule has 2 aromatic carbocycles. The van der Waals surface area contributed by atoms with Gasteiger partial charge in [0.1, 0.15) is 0 Å². The van der Waals surface area contributed by atoms with E-state index >= 15 is 0 Å². The van der Waals surface area contributed by atoms with Crippen molar-refractivity contribution in [3.63, 3.8) is 0 Å². The molecule has 1 N–H and O–H groups in total. The number of benzene rings is 2. The van der Waals surface area contributed by atoms with E-state index in [-0.39, 0.29) is 10.5 Å². The first-order valence-electron chi connectivity index (χ1n) is 10.1. The van der Waals surface area contributed by atoms with Gasteiger partial charge in [-0.25, -0.2) is 13.2 Å². The first-order valence-corrected chi connectivity index (χ1v) is 12.0. The van der Waals surface area contributed by atoms with Gasteiger partial charge in [-0.3, -0.25) is 4.79 Å². The third-order valence-corrected chi connectivity index (χ3v) is 7.19. The lowest BCUT2D eigenvalue weighted by Crippen LogP contribution is -2.35. The van der Waals surface area contributed by atoms with Gasteiger partial charge >= 0.3 is 5.97 Å². The number of piperidine rings is 1. The van der Waals surface area contributed by atoms with E-state index in [2.05, 4.69) is 5.32 Å². The smallest absolute Gasteiger partial charge is 0.338 e. The van der Waals surface area contributed by atoms with Crippen LogP contribution in [0.5, 0.6) is 0 Å². The van der Waals surface area contributed by atoms with Crippen molar-refractivity contribution in [2.45, 2.75) is 30.6 Å². The molecule has 9 heteroatoms. The predicted molar refractivity (Wildman–Crippen MR) is 118 cm³/mol. The summed E-state index contributed by atoms with van der Waals surface area (Å²) in [6, 6.07) is 12.9. The van der Waals surface area contributed by atoms with Gasteiger partial charge in [-0.05, 0) is 61.2 Å². The largest absolute Gasteiger partial charge is 0.452 e. The molecule has 0 saturated carbocycles. The molecule has 0 unspecified atom stereocenters. The summed E-state index contributed by atoms with van der Waals surface area (Å²) in [5, 5.41) is 3.33. The molecule has 0 radical (unpaired) electrons. The number of esters is 1. The zero-order valence-corrected chi connectivity index (χ0v) is 18.6. The second kappa shape index (κ2) is 10.7. The minimum absolute atomic E-state index is 0.144. The van der Waals surface area contributed by atoms with E-state index in [9.17, 15) is 18.0 Å². The molecule has 1 heterocycles. The first kappa shape index (κ1) is 23.2. The molecule has 1 aliphatic rings. The summed E-state index contributed by atoms with van der Waals surface area (Å²) in [5.74, 6) is -1.10. The molecule has 0 atom stereocenters. The fraction of sp³-hybridized carbons (Fsp3) is 0.364. The van der Waals surface area contributed by atoms with E-state index in [1.54, 1.807) is 12.1 Å². The molecule has 7 nitrogen and oxygen atoms in total. The maximum absolute atomic E-state index is 12.7. The van der Waals surface area contributed by atoms with Crippen molar-refractivity contribution < 1.29 is 22.7 Å².